The molecule has 0 saturated carbocycles. The first-order chi connectivity index (χ1) is 3.68. The molecule has 0 heterocycles. The molecular weight excluding hydrogens is 96.1 g/mol. The first-order valence-corrected chi connectivity index (χ1v) is 3.48. The summed E-state index contributed by atoms with van der Waals surface area (Å²) in [6.45, 7) is 8.94. The Balaban J connectivity index is 3.17. The van der Waals surface area contributed by atoms with E-state index in [0.717, 1.165) is 5.92 Å². The number of hydrogen-bond donors (Lipinski definition) is 0. The zero-order chi connectivity index (χ0) is 6.57. The summed E-state index contributed by atoms with van der Waals surface area (Å²) >= 11 is 0. The molecule has 0 aliphatic heterocycles. The minimum atomic E-state index is 0.833. The second-order valence-corrected chi connectivity index (χ2v) is 2.77. The fraction of sp³-hybridized carbons (Fsp3) is 0.875. The van der Waals surface area contributed by atoms with Crippen molar-refractivity contribution in [1.29, 1.82) is 0 Å². The van der Waals surface area contributed by atoms with E-state index in [9.17, 15) is 0 Å². The summed E-state index contributed by atoms with van der Waals surface area (Å²) in [5.41, 5.74) is 0. The molecule has 0 N–H and O–H groups in total. The van der Waals surface area contributed by atoms with Crippen molar-refractivity contribution in [1.82, 2.24) is 0 Å². The van der Waals surface area contributed by atoms with Crippen molar-refractivity contribution in [2.75, 3.05) is 0 Å². The standard InChI is InChI=1S/C8H17/c1-5-6-8(4)7(2)3/h8H,5-6H2,1-4H3. The molecule has 1 radical (unpaired) electrons. The van der Waals surface area contributed by atoms with E-state index < -0.39 is 0 Å². The molecule has 1 unspecified atom stereocenters. The van der Waals surface area contributed by atoms with Crippen LogP contribution in [-0.4, -0.2) is 0 Å². The molecule has 0 rings (SSSR count). The summed E-state index contributed by atoms with van der Waals surface area (Å²) in [6.07, 6.45) is 2.66. The highest BCUT2D eigenvalue weighted by atomic mass is 14.1. The maximum Gasteiger partial charge on any atom is -0.0275 e. The van der Waals surface area contributed by atoms with E-state index in [0.29, 0.717) is 0 Å². The average Bonchev–Trinajstić information content (AvgIpc) is 1.67. The van der Waals surface area contributed by atoms with Crippen LogP contribution in [0.1, 0.15) is 40.5 Å². The van der Waals surface area contributed by atoms with Gasteiger partial charge in [-0.3, -0.25) is 0 Å². The van der Waals surface area contributed by atoms with E-state index in [-0.39, 0.29) is 0 Å². The zero-order valence-corrected chi connectivity index (χ0v) is 6.49. The molecule has 1 atom stereocenters. The van der Waals surface area contributed by atoms with Gasteiger partial charge in [0.1, 0.15) is 0 Å². The van der Waals surface area contributed by atoms with Gasteiger partial charge in [0.25, 0.3) is 0 Å². The van der Waals surface area contributed by atoms with Crippen LogP contribution >= 0.6 is 0 Å². The molecule has 0 bridgehead atoms. The Morgan fingerprint density at radius 3 is 2.00 bits per heavy atom. The van der Waals surface area contributed by atoms with E-state index in [2.05, 4.69) is 27.7 Å². The molecule has 0 aliphatic carbocycles. The van der Waals surface area contributed by atoms with Crippen molar-refractivity contribution in [3.8, 4) is 0 Å². The molecule has 0 saturated heterocycles. The minimum absolute atomic E-state index is 0.833. The molecule has 0 heteroatoms. The fourth-order valence-electron chi connectivity index (χ4n) is 0.722. The van der Waals surface area contributed by atoms with Crippen molar-refractivity contribution in [2.45, 2.75) is 40.5 Å². The molecular formula is C8H17. The van der Waals surface area contributed by atoms with Gasteiger partial charge in [-0.1, -0.05) is 40.5 Å². The lowest BCUT2D eigenvalue weighted by molar-refractivity contribution is 0.543. The summed E-state index contributed by atoms with van der Waals surface area (Å²) in [6, 6.07) is 0. The molecule has 0 aliphatic rings. The van der Waals surface area contributed by atoms with Gasteiger partial charge in [-0.15, -0.1) is 0 Å². The van der Waals surface area contributed by atoms with Crippen LogP contribution in [0.5, 0.6) is 0 Å². The Kier molecular flexibility index (Phi) is 3.94. The fourth-order valence-corrected chi connectivity index (χ4v) is 0.722. The predicted octanol–water partition coefficient (Wildman–Crippen LogP) is 3.04. The van der Waals surface area contributed by atoms with Crippen LogP contribution in [0.3, 0.4) is 0 Å². The second-order valence-electron chi connectivity index (χ2n) is 2.77. The van der Waals surface area contributed by atoms with Gasteiger partial charge >= 0.3 is 0 Å². The maximum atomic E-state index is 2.29. The Morgan fingerprint density at radius 2 is 1.88 bits per heavy atom. The molecule has 0 amide bonds. The van der Waals surface area contributed by atoms with Gasteiger partial charge in [0.2, 0.25) is 0 Å². The summed E-state index contributed by atoms with van der Waals surface area (Å²) in [5, 5.41) is 0. The van der Waals surface area contributed by atoms with Crippen molar-refractivity contribution in [3.05, 3.63) is 5.92 Å². The first kappa shape index (κ1) is 8.00. The molecule has 0 aromatic carbocycles. The van der Waals surface area contributed by atoms with Crippen LogP contribution in [-0.2, 0) is 0 Å². The van der Waals surface area contributed by atoms with Crippen LogP contribution in [0, 0.1) is 11.8 Å². The van der Waals surface area contributed by atoms with Gasteiger partial charge < -0.3 is 0 Å². The highest BCUT2D eigenvalue weighted by molar-refractivity contribution is 4.82. The number of rotatable bonds is 3. The maximum absolute atomic E-state index is 2.29. The van der Waals surface area contributed by atoms with Gasteiger partial charge in [0, 0.05) is 0 Å². The highest BCUT2D eigenvalue weighted by Crippen LogP contribution is 2.16. The van der Waals surface area contributed by atoms with E-state index in [1.807, 2.05) is 0 Å². The molecule has 8 heavy (non-hydrogen) atoms. The lowest BCUT2D eigenvalue weighted by Crippen LogP contribution is -1.99. The molecule has 0 spiro atoms. The second kappa shape index (κ2) is 3.94. The minimum Gasteiger partial charge on any atom is -0.0654 e. The van der Waals surface area contributed by atoms with Gasteiger partial charge in [0.15, 0.2) is 0 Å². The zero-order valence-electron chi connectivity index (χ0n) is 6.49. The molecule has 0 fully saturated rings. The van der Waals surface area contributed by atoms with Gasteiger partial charge in [-0.05, 0) is 11.8 Å². The Hall–Kier alpha value is 0. The lowest BCUT2D eigenvalue weighted by Gasteiger charge is -2.12. The summed E-state index contributed by atoms with van der Waals surface area (Å²) in [4.78, 5) is 0. The molecule has 49 valence electrons. The lowest BCUT2D eigenvalue weighted by atomic mass is 9.94. The van der Waals surface area contributed by atoms with Gasteiger partial charge in [-0.25, -0.2) is 0 Å². The normalized spacial score (nSPS) is 14.6. The monoisotopic (exact) mass is 113 g/mol. The summed E-state index contributed by atoms with van der Waals surface area (Å²) < 4.78 is 0. The molecule has 0 aromatic rings. The van der Waals surface area contributed by atoms with Crippen molar-refractivity contribution in [2.24, 2.45) is 5.92 Å². The first-order valence-electron chi connectivity index (χ1n) is 3.48. The predicted molar refractivity (Wildman–Crippen MR) is 38.7 cm³/mol. The van der Waals surface area contributed by atoms with E-state index in [4.69, 9.17) is 0 Å². The topological polar surface area (TPSA) is 0 Å². The van der Waals surface area contributed by atoms with Gasteiger partial charge in [0.05, 0.1) is 0 Å². The summed E-state index contributed by atoms with van der Waals surface area (Å²) in [5.74, 6) is 2.40. The SMILES string of the molecule is CCCC(C)[C](C)C. The Bertz CT molecular complexity index is 46.0. The van der Waals surface area contributed by atoms with Crippen molar-refractivity contribution < 1.29 is 0 Å². The van der Waals surface area contributed by atoms with Crippen LogP contribution in [0.25, 0.3) is 0 Å². The van der Waals surface area contributed by atoms with Crippen LogP contribution in [0.2, 0.25) is 0 Å². The van der Waals surface area contributed by atoms with Gasteiger partial charge in [-0.2, -0.15) is 0 Å². The van der Waals surface area contributed by atoms with E-state index in [1.165, 1.54) is 12.8 Å². The van der Waals surface area contributed by atoms with Crippen LogP contribution in [0.4, 0.5) is 0 Å². The van der Waals surface area contributed by atoms with E-state index >= 15 is 0 Å². The smallest absolute Gasteiger partial charge is 0.0275 e. The van der Waals surface area contributed by atoms with Crippen LogP contribution < -0.4 is 0 Å². The third kappa shape index (κ3) is 3.06. The van der Waals surface area contributed by atoms with E-state index in [1.54, 1.807) is 5.92 Å². The quantitative estimate of drug-likeness (QED) is 0.527. The Labute approximate surface area is 53.3 Å². The summed E-state index contributed by atoms with van der Waals surface area (Å²) in [7, 11) is 0. The third-order valence-electron chi connectivity index (χ3n) is 1.71. The highest BCUT2D eigenvalue weighted by Gasteiger charge is 2.03. The Morgan fingerprint density at radius 1 is 1.38 bits per heavy atom. The number of hydrogen-bond acceptors (Lipinski definition) is 0. The van der Waals surface area contributed by atoms with Crippen LogP contribution in [0.15, 0.2) is 0 Å². The van der Waals surface area contributed by atoms with Crippen molar-refractivity contribution in [3.63, 3.8) is 0 Å². The largest absolute Gasteiger partial charge is 0.0654 e. The molecule has 0 nitrogen and oxygen atoms in total. The third-order valence-corrected chi connectivity index (χ3v) is 1.71. The van der Waals surface area contributed by atoms with Crippen molar-refractivity contribution >= 4 is 0 Å². The average molecular weight is 113 g/mol. The molecule has 0 aromatic heterocycles.